The fourth-order valence-corrected chi connectivity index (χ4v) is 2.29. The first-order chi connectivity index (χ1) is 8.08. The summed E-state index contributed by atoms with van der Waals surface area (Å²) in [6.07, 6.45) is 4.31. The summed E-state index contributed by atoms with van der Waals surface area (Å²) < 4.78 is 0. The van der Waals surface area contributed by atoms with Gasteiger partial charge in [-0.05, 0) is 32.6 Å². The Morgan fingerprint density at radius 1 is 1.59 bits per heavy atom. The van der Waals surface area contributed by atoms with E-state index in [0.29, 0.717) is 6.54 Å². The van der Waals surface area contributed by atoms with Crippen LogP contribution in [0.1, 0.15) is 31.7 Å². The number of hydrogen-bond acceptors (Lipinski definition) is 4. The van der Waals surface area contributed by atoms with E-state index in [1.807, 2.05) is 19.2 Å². The number of rotatable bonds is 6. The van der Waals surface area contributed by atoms with E-state index in [-0.39, 0.29) is 11.4 Å². The fourth-order valence-electron chi connectivity index (χ4n) is 1.55. The average molecular weight is 253 g/mol. The summed E-state index contributed by atoms with van der Waals surface area (Å²) in [6.45, 7) is 5.26. The molecular formula is C12H19N3OS. The molecule has 1 aromatic heterocycles. The molecule has 2 rings (SSSR count). The van der Waals surface area contributed by atoms with E-state index in [2.05, 4.69) is 15.6 Å². The van der Waals surface area contributed by atoms with Crippen LogP contribution in [0, 0.1) is 5.92 Å². The molecule has 1 saturated carbocycles. The molecule has 2 N–H and O–H groups in total. The van der Waals surface area contributed by atoms with Gasteiger partial charge in [-0.2, -0.15) is 0 Å². The van der Waals surface area contributed by atoms with Gasteiger partial charge in [-0.1, -0.05) is 0 Å². The third kappa shape index (κ3) is 3.78. The first-order valence-corrected chi connectivity index (χ1v) is 6.87. The van der Waals surface area contributed by atoms with Gasteiger partial charge in [0.15, 0.2) is 0 Å². The molecule has 0 aliphatic heterocycles. The van der Waals surface area contributed by atoms with E-state index in [4.69, 9.17) is 0 Å². The molecule has 0 aromatic carbocycles. The lowest BCUT2D eigenvalue weighted by Crippen LogP contribution is -2.43. The minimum atomic E-state index is -0.245. The van der Waals surface area contributed by atoms with Gasteiger partial charge in [0.25, 0.3) is 0 Å². The van der Waals surface area contributed by atoms with Gasteiger partial charge in [0.05, 0.1) is 12.1 Å². The van der Waals surface area contributed by atoms with Crippen molar-refractivity contribution < 1.29 is 4.79 Å². The molecular weight excluding hydrogens is 234 g/mol. The molecule has 1 fully saturated rings. The van der Waals surface area contributed by atoms with Gasteiger partial charge < -0.3 is 5.32 Å². The molecule has 1 amide bonds. The Labute approximate surface area is 106 Å². The largest absolute Gasteiger partial charge is 0.355 e. The lowest BCUT2D eigenvalue weighted by atomic mass is 10.1. The quantitative estimate of drug-likeness (QED) is 0.807. The third-order valence-electron chi connectivity index (χ3n) is 2.94. The Hall–Kier alpha value is -0.940. The number of carbonyl (C=O) groups excluding carboxylic acids is 1. The topological polar surface area (TPSA) is 54.0 Å². The molecule has 94 valence electrons. The normalized spacial score (nSPS) is 15.9. The highest BCUT2D eigenvalue weighted by Crippen LogP contribution is 2.27. The number of thiazole rings is 1. The maximum absolute atomic E-state index is 11.6. The SMILES string of the molecule is CC(C)(NCC(=O)NCC1CC1)c1nccs1. The maximum Gasteiger partial charge on any atom is 0.233 e. The average Bonchev–Trinajstić information content (AvgIpc) is 2.94. The summed E-state index contributed by atoms with van der Waals surface area (Å²) >= 11 is 1.60. The predicted octanol–water partition coefficient (Wildman–Crippen LogP) is 1.49. The Kier molecular flexibility index (Phi) is 3.79. The van der Waals surface area contributed by atoms with Crippen molar-refractivity contribution in [2.45, 2.75) is 32.2 Å². The van der Waals surface area contributed by atoms with E-state index >= 15 is 0 Å². The van der Waals surface area contributed by atoms with Crippen LogP contribution in [0.15, 0.2) is 11.6 Å². The zero-order chi connectivity index (χ0) is 12.3. The standard InChI is InChI=1S/C12H19N3OS/c1-12(2,11-13-5-6-17-11)15-8-10(16)14-7-9-3-4-9/h5-6,9,15H,3-4,7-8H2,1-2H3,(H,14,16). The van der Waals surface area contributed by atoms with Crippen LogP contribution in [-0.2, 0) is 10.3 Å². The molecule has 1 aromatic rings. The summed E-state index contributed by atoms with van der Waals surface area (Å²) in [6, 6.07) is 0. The lowest BCUT2D eigenvalue weighted by Gasteiger charge is -2.23. The maximum atomic E-state index is 11.6. The molecule has 1 aliphatic carbocycles. The molecule has 0 spiro atoms. The van der Waals surface area contributed by atoms with E-state index < -0.39 is 0 Å². The van der Waals surface area contributed by atoms with Gasteiger partial charge in [-0.15, -0.1) is 11.3 Å². The van der Waals surface area contributed by atoms with Crippen LogP contribution >= 0.6 is 11.3 Å². The van der Waals surface area contributed by atoms with Crippen molar-refractivity contribution in [2.75, 3.05) is 13.1 Å². The fraction of sp³-hybridized carbons (Fsp3) is 0.667. The van der Waals surface area contributed by atoms with Crippen LogP contribution in [0.4, 0.5) is 0 Å². The van der Waals surface area contributed by atoms with E-state index in [1.54, 1.807) is 17.5 Å². The highest BCUT2D eigenvalue weighted by atomic mass is 32.1. The van der Waals surface area contributed by atoms with E-state index in [9.17, 15) is 4.79 Å². The van der Waals surface area contributed by atoms with Crippen molar-refractivity contribution >= 4 is 17.2 Å². The highest BCUT2D eigenvalue weighted by Gasteiger charge is 2.24. The molecule has 1 heterocycles. The van der Waals surface area contributed by atoms with E-state index in [1.165, 1.54) is 12.8 Å². The summed E-state index contributed by atoms with van der Waals surface area (Å²) in [4.78, 5) is 15.9. The molecule has 1 aliphatic rings. The molecule has 0 atom stereocenters. The van der Waals surface area contributed by atoms with Crippen molar-refractivity contribution in [3.63, 3.8) is 0 Å². The first kappa shape index (κ1) is 12.5. The number of nitrogens with zero attached hydrogens (tertiary/aromatic N) is 1. The lowest BCUT2D eigenvalue weighted by molar-refractivity contribution is -0.120. The van der Waals surface area contributed by atoms with Gasteiger partial charge in [0.2, 0.25) is 5.91 Å². The first-order valence-electron chi connectivity index (χ1n) is 5.99. The molecule has 0 radical (unpaired) electrons. The molecule has 0 unspecified atom stereocenters. The zero-order valence-electron chi connectivity index (χ0n) is 10.3. The third-order valence-corrected chi connectivity index (χ3v) is 4.04. The van der Waals surface area contributed by atoms with Crippen LogP contribution in [0.25, 0.3) is 0 Å². The highest BCUT2D eigenvalue weighted by molar-refractivity contribution is 7.09. The molecule has 5 heteroatoms. The van der Waals surface area contributed by atoms with Crippen molar-refractivity contribution in [3.8, 4) is 0 Å². The second-order valence-electron chi connectivity index (χ2n) is 5.06. The van der Waals surface area contributed by atoms with Gasteiger partial charge in [-0.3, -0.25) is 10.1 Å². The van der Waals surface area contributed by atoms with Crippen molar-refractivity contribution in [2.24, 2.45) is 5.92 Å². The molecule has 0 saturated heterocycles. The van der Waals surface area contributed by atoms with Crippen LogP contribution in [0.2, 0.25) is 0 Å². The van der Waals surface area contributed by atoms with Gasteiger partial charge in [0.1, 0.15) is 5.01 Å². The summed E-state index contributed by atoms with van der Waals surface area (Å²) in [5.74, 6) is 0.799. The number of nitrogens with one attached hydrogen (secondary N) is 2. The monoisotopic (exact) mass is 253 g/mol. The Morgan fingerprint density at radius 3 is 2.94 bits per heavy atom. The van der Waals surface area contributed by atoms with Gasteiger partial charge in [-0.25, -0.2) is 4.98 Å². The minimum absolute atomic E-state index is 0.0709. The van der Waals surface area contributed by atoms with Crippen LogP contribution in [0.3, 0.4) is 0 Å². The summed E-state index contributed by atoms with van der Waals surface area (Å²) in [7, 11) is 0. The van der Waals surface area contributed by atoms with Crippen LogP contribution < -0.4 is 10.6 Å². The smallest absolute Gasteiger partial charge is 0.233 e. The second-order valence-corrected chi connectivity index (χ2v) is 5.96. The molecule has 4 nitrogen and oxygen atoms in total. The minimum Gasteiger partial charge on any atom is -0.355 e. The van der Waals surface area contributed by atoms with E-state index in [0.717, 1.165) is 17.5 Å². The van der Waals surface area contributed by atoms with Gasteiger partial charge >= 0.3 is 0 Å². The van der Waals surface area contributed by atoms with Crippen LogP contribution in [-0.4, -0.2) is 24.0 Å². The summed E-state index contributed by atoms with van der Waals surface area (Å²) in [5.41, 5.74) is -0.245. The molecule has 0 bridgehead atoms. The Balaban J connectivity index is 1.74. The number of carbonyl (C=O) groups is 1. The number of aromatic nitrogens is 1. The number of hydrogen-bond donors (Lipinski definition) is 2. The van der Waals surface area contributed by atoms with Crippen molar-refractivity contribution in [1.29, 1.82) is 0 Å². The zero-order valence-corrected chi connectivity index (χ0v) is 11.1. The van der Waals surface area contributed by atoms with Gasteiger partial charge in [0, 0.05) is 18.1 Å². The second kappa shape index (κ2) is 5.14. The van der Waals surface area contributed by atoms with Crippen molar-refractivity contribution in [1.82, 2.24) is 15.6 Å². The van der Waals surface area contributed by atoms with Crippen LogP contribution in [0.5, 0.6) is 0 Å². The Morgan fingerprint density at radius 2 is 2.35 bits per heavy atom. The Bertz CT molecular complexity index is 371. The van der Waals surface area contributed by atoms with Crippen molar-refractivity contribution in [3.05, 3.63) is 16.6 Å². The summed E-state index contributed by atoms with van der Waals surface area (Å²) in [5, 5.41) is 9.14. The molecule has 17 heavy (non-hydrogen) atoms. The predicted molar refractivity (Wildman–Crippen MR) is 68.9 cm³/mol. The number of amides is 1.